The van der Waals surface area contributed by atoms with Crippen LogP contribution in [0.2, 0.25) is 0 Å². The van der Waals surface area contributed by atoms with Crippen molar-refractivity contribution in [2.75, 3.05) is 6.61 Å². The Labute approximate surface area is 88.5 Å². The second-order valence-electron chi connectivity index (χ2n) is 4.07. The zero-order valence-corrected chi connectivity index (χ0v) is 9.67. The fourth-order valence-electron chi connectivity index (χ4n) is 1.27. The third-order valence-corrected chi connectivity index (χ3v) is 2.13. The molecule has 0 saturated heterocycles. The molecular weight excluding hydrogens is 174 g/mol. The van der Waals surface area contributed by atoms with Crippen LogP contribution >= 0.6 is 0 Å². The highest BCUT2D eigenvalue weighted by atomic mass is 16.5. The first-order valence-electron chi connectivity index (χ1n) is 5.65. The monoisotopic (exact) mass is 199 g/mol. The molecule has 0 spiro atoms. The third-order valence-electron chi connectivity index (χ3n) is 2.13. The summed E-state index contributed by atoms with van der Waals surface area (Å²) < 4.78 is 5.44. The third kappa shape index (κ3) is 9.75. The molecule has 0 rings (SSSR count). The molecule has 84 valence electrons. The molecule has 0 aliphatic rings. The second kappa shape index (κ2) is 9.22. The maximum absolute atomic E-state index is 5.89. The van der Waals surface area contributed by atoms with Gasteiger partial charge in [-0.3, -0.25) is 0 Å². The number of rotatable bonds is 9. The topological polar surface area (TPSA) is 35.2 Å². The van der Waals surface area contributed by atoms with Crippen LogP contribution in [0, 0.1) is 0 Å². The molecule has 0 saturated carbocycles. The average molecular weight is 199 g/mol. The van der Waals surface area contributed by atoms with Crippen LogP contribution in [-0.4, -0.2) is 18.8 Å². The van der Waals surface area contributed by atoms with E-state index in [0.29, 0.717) is 12.7 Å². The number of hydrogen-bond acceptors (Lipinski definition) is 2. The molecule has 1 unspecified atom stereocenters. The van der Waals surface area contributed by atoms with Crippen molar-refractivity contribution in [3.05, 3.63) is 12.7 Å². The average Bonchev–Trinajstić information content (AvgIpc) is 2.14. The molecule has 2 heteroatoms. The first-order valence-corrected chi connectivity index (χ1v) is 5.65. The normalized spacial score (nSPS) is 13.1. The molecule has 0 aromatic carbocycles. The van der Waals surface area contributed by atoms with Crippen molar-refractivity contribution in [1.82, 2.24) is 0 Å². The number of unbranched alkanes of at least 4 members (excludes halogenated alkanes) is 3. The molecule has 2 N–H and O–H groups in total. The SMILES string of the molecule is C=CCCCCCC(N)COC(C)C. The van der Waals surface area contributed by atoms with Gasteiger partial charge in [-0.1, -0.05) is 18.9 Å². The standard InChI is InChI=1S/C12H25NO/c1-4-5-6-7-8-9-12(13)10-14-11(2)3/h4,11-12H,1,5-10,13H2,2-3H3. The van der Waals surface area contributed by atoms with Crippen molar-refractivity contribution in [2.45, 2.75) is 58.1 Å². The number of nitrogens with two attached hydrogens (primary N) is 1. The molecule has 0 aliphatic heterocycles. The van der Waals surface area contributed by atoms with Gasteiger partial charge in [-0.25, -0.2) is 0 Å². The lowest BCUT2D eigenvalue weighted by atomic mass is 10.1. The maximum Gasteiger partial charge on any atom is 0.0620 e. The highest BCUT2D eigenvalue weighted by molar-refractivity contribution is 4.66. The van der Waals surface area contributed by atoms with Crippen LogP contribution in [0.4, 0.5) is 0 Å². The first-order chi connectivity index (χ1) is 6.66. The van der Waals surface area contributed by atoms with Crippen LogP contribution in [0.5, 0.6) is 0 Å². The van der Waals surface area contributed by atoms with E-state index in [0.717, 1.165) is 12.8 Å². The second-order valence-corrected chi connectivity index (χ2v) is 4.07. The lowest BCUT2D eigenvalue weighted by molar-refractivity contribution is 0.0665. The molecule has 0 aromatic heterocycles. The van der Waals surface area contributed by atoms with Crippen LogP contribution in [-0.2, 0) is 4.74 Å². The van der Waals surface area contributed by atoms with Crippen molar-refractivity contribution in [3.8, 4) is 0 Å². The van der Waals surface area contributed by atoms with E-state index in [-0.39, 0.29) is 6.04 Å². The van der Waals surface area contributed by atoms with Crippen molar-refractivity contribution < 1.29 is 4.74 Å². The Morgan fingerprint density at radius 1 is 1.29 bits per heavy atom. The summed E-state index contributed by atoms with van der Waals surface area (Å²) in [5.74, 6) is 0. The van der Waals surface area contributed by atoms with Crippen molar-refractivity contribution in [3.63, 3.8) is 0 Å². The van der Waals surface area contributed by atoms with Crippen LogP contribution in [0.15, 0.2) is 12.7 Å². The summed E-state index contributed by atoms with van der Waals surface area (Å²) >= 11 is 0. The van der Waals surface area contributed by atoms with Crippen LogP contribution in [0.25, 0.3) is 0 Å². The Morgan fingerprint density at radius 2 is 2.00 bits per heavy atom. The highest BCUT2D eigenvalue weighted by Gasteiger charge is 2.03. The summed E-state index contributed by atoms with van der Waals surface area (Å²) in [4.78, 5) is 0. The van der Waals surface area contributed by atoms with Gasteiger partial charge in [0.15, 0.2) is 0 Å². The molecule has 0 heterocycles. The number of ether oxygens (including phenoxy) is 1. The van der Waals surface area contributed by atoms with Gasteiger partial charge in [-0.15, -0.1) is 6.58 Å². The van der Waals surface area contributed by atoms with E-state index in [9.17, 15) is 0 Å². The van der Waals surface area contributed by atoms with Gasteiger partial charge in [0, 0.05) is 6.04 Å². The van der Waals surface area contributed by atoms with Gasteiger partial charge < -0.3 is 10.5 Å². The molecule has 0 bridgehead atoms. The fourth-order valence-corrected chi connectivity index (χ4v) is 1.27. The molecular formula is C12H25NO. The summed E-state index contributed by atoms with van der Waals surface area (Å²) in [6.07, 6.45) is 8.16. The van der Waals surface area contributed by atoms with Crippen LogP contribution in [0.1, 0.15) is 46.0 Å². The summed E-state index contributed by atoms with van der Waals surface area (Å²) in [5, 5.41) is 0. The van der Waals surface area contributed by atoms with Gasteiger partial charge in [-0.2, -0.15) is 0 Å². The van der Waals surface area contributed by atoms with E-state index in [4.69, 9.17) is 10.5 Å². The van der Waals surface area contributed by atoms with Gasteiger partial charge in [0.25, 0.3) is 0 Å². The van der Waals surface area contributed by atoms with Crippen LogP contribution < -0.4 is 5.73 Å². The number of allylic oxidation sites excluding steroid dienone is 1. The predicted octanol–water partition coefficient (Wildman–Crippen LogP) is 2.88. The summed E-state index contributed by atoms with van der Waals surface area (Å²) in [5.41, 5.74) is 5.89. The van der Waals surface area contributed by atoms with E-state index in [1.807, 2.05) is 19.9 Å². The predicted molar refractivity (Wildman–Crippen MR) is 62.3 cm³/mol. The molecule has 2 nitrogen and oxygen atoms in total. The summed E-state index contributed by atoms with van der Waals surface area (Å²) in [6, 6.07) is 0.209. The minimum atomic E-state index is 0.209. The van der Waals surface area contributed by atoms with Gasteiger partial charge in [-0.05, 0) is 33.1 Å². The molecule has 0 fully saturated rings. The highest BCUT2D eigenvalue weighted by Crippen LogP contribution is 2.05. The quantitative estimate of drug-likeness (QED) is 0.458. The molecule has 0 aliphatic carbocycles. The van der Waals surface area contributed by atoms with Gasteiger partial charge in [0.2, 0.25) is 0 Å². The summed E-state index contributed by atoms with van der Waals surface area (Å²) in [7, 11) is 0. The molecule has 0 radical (unpaired) electrons. The van der Waals surface area contributed by atoms with E-state index in [1.54, 1.807) is 0 Å². The van der Waals surface area contributed by atoms with Gasteiger partial charge in [0.1, 0.15) is 0 Å². The lowest BCUT2D eigenvalue weighted by Crippen LogP contribution is -2.27. The van der Waals surface area contributed by atoms with Crippen LogP contribution in [0.3, 0.4) is 0 Å². The van der Waals surface area contributed by atoms with E-state index >= 15 is 0 Å². The minimum Gasteiger partial charge on any atom is -0.377 e. The minimum absolute atomic E-state index is 0.209. The fraction of sp³-hybridized carbons (Fsp3) is 0.833. The van der Waals surface area contributed by atoms with Crippen molar-refractivity contribution >= 4 is 0 Å². The van der Waals surface area contributed by atoms with E-state index in [1.165, 1.54) is 19.3 Å². The molecule has 0 aromatic rings. The van der Waals surface area contributed by atoms with Gasteiger partial charge in [0.05, 0.1) is 12.7 Å². The van der Waals surface area contributed by atoms with Crippen molar-refractivity contribution in [1.29, 1.82) is 0 Å². The van der Waals surface area contributed by atoms with Crippen molar-refractivity contribution in [2.24, 2.45) is 5.73 Å². The largest absolute Gasteiger partial charge is 0.377 e. The Morgan fingerprint density at radius 3 is 2.57 bits per heavy atom. The zero-order chi connectivity index (χ0) is 10.8. The zero-order valence-electron chi connectivity index (χ0n) is 9.67. The Balaban J connectivity index is 3.17. The lowest BCUT2D eigenvalue weighted by Gasteiger charge is -2.13. The Bertz CT molecular complexity index is 134. The molecule has 14 heavy (non-hydrogen) atoms. The maximum atomic E-state index is 5.89. The van der Waals surface area contributed by atoms with E-state index < -0.39 is 0 Å². The number of hydrogen-bond donors (Lipinski definition) is 1. The van der Waals surface area contributed by atoms with Gasteiger partial charge >= 0.3 is 0 Å². The molecule has 1 atom stereocenters. The van der Waals surface area contributed by atoms with E-state index in [2.05, 4.69) is 6.58 Å². The Hall–Kier alpha value is -0.340. The first kappa shape index (κ1) is 13.7. The summed E-state index contributed by atoms with van der Waals surface area (Å²) in [6.45, 7) is 8.47. The molecule has 0 amide bonds. The Kier molecular flexibility index (Phi) is 9.00. The smallest absolute Gasteiger partial charge is 0.0620 e.